The normalized spacial score (nSPS) is 10.7. The molecule has 14 heavy (non-hydrogen) atoms. The van der Waals surface area contributed by atoms with Crippen LogP contribution in [0.2, 0.25) is 5.02 Å². The average Bonchev–Trinajstić information content (AvgIpc) is 2.08. The predicted octanol–water partition coefficient (Wildman–Crippen LogP) is 3.16. The van der Waals surface area contributed by atoms with E-state index in [2.05, 4.69) is 20.7 Å². The van der Waals surface area contributed by atoms with Crippen molar-refractivity contribution >= 4 is 27.5 Å². The van der Waals surface area contributed by atoms with Gasteiger partial charge in [0, 0.05) is 17.1 Å². The van der Waals surface area contributed by atoms with Crippen molar-refractivity contribution in [2.45, 2.75) is 13.2 Å². The summed E-state index contributed by atoms with van der Waals surface area (Å²) >= 11 is 8.78. The molecular weight excluding hydrogens is 279 g/mol. The van der Waals surface area contributed by atoms with Crippen LogP contribution in [0, 0.1) is 0 Å². The lowest BCUT2D eigenvalue weighted by atomic mass is 10.2. The van der Waals surface area contributed by atoms with E-state index < -0.39 is 6.61 Å². The van der Waals surface area contributed by atoms with Crippen LogP contribution in [0.15, 0.2) is 16.6 Å². The molecule has 1 aromatic carbocycles. The van der Waals surface area contributed by atoms with E-state index in [1.807, 2.05) is 0 Å². The largest absolute Gasteiger partial charge is 0.433 e. The fourth-order valence-corrected chi connectivity index (χ4v) is 1.95. The molecule has 0 unspecified atom stereocenters. The van der Waals surface area contributed by atoms with Crippen molar-refractivity contribution in [1.29, 1.82) is 0 Å². The molecule has 0 atom stereocenters. The molecule has 1 aromatic rings. The Bertz CT molecular complexity index is 335. The summed E-state index contributed by atoms with van der Waals surface area (Å²) in [4.78, 5) is 0. The van der Waals surface area contributed by atoms with E-state index in [1.54, 1.807) is 0 Å². The fraction of sp³-hybridized carbons (Fsp3) is 0.250. The second-order valence-corrected chi connectivity index (χ2v) is 3.75. The van der Waals surface area contributed by atoms with Crippen LogP contribution in [-0.4, -0.2) is 6.61 Å². The monoisotopic (exact) mass is 285 g/mol. The van der Waals surface area contributed by atoms with E-state index in [-0.39, 0.29) is 12.3 Å². The van der Waals surface area contributed by atoms with Gasteiger partial charge in [-0.2, -0.15) is 8.78 Å². The third-order valence-electron chi connectivity index (χ3n) is 1.51. The highest BCUT2D eigenvalue weighted by atomic mass is 79.9. The number of hydrogen-bond acceptors (Lipinski definition) is 2. The van der Waals surface area contributed by atoms with Crippen LogP contribution in [0.4, 0.5) is 8.78 Å². The molecule has 0 heterocycles. The van der Waals surface area contributed by atoms with Gasteiger partial charge in [0.15, 0.2) is 0 Å². The van der Waals surface area contributed by atoms with E-state index in [0.29, 0.717) is 15.1 Å². The van der Waals surface area contributed by atoms with Gasteiger partial charge in [-0.25, -0.2) is 0 Å². The van der Waals surface area contributed by atoms with Crippen molar-refractivity contribution < 1.29 is 13.5 Å². The lowest BCUT2D eigenvalue weighted by molar-refractivity contribution is -0.0509. The topological polar surface area (TPSA) is 35.2 Å². The van der Waals surface area contributed by atoms with Crippen molar-refractivity contribution in [3.05, 3.63) is 27.2 Å². The van der Waals surface area contributed by atoms with Crippen molar-refractivity contribution in [2.24, 2.45) is 5.73 Å². The van der Waals surface area contributed by atoms with Gasteiger partial charge >= 0.3 is 6.61 Å². The first-order valence-corrected chi connectivity index (χ1v) is 4.84. The quantitative estimate of drug-likeness (QED) is 0.926. The summed E-state index contributed by atoms with van der Waals surface area (Å²) in [5.74, 6) is 0.0342. The van der Waals surface area contributed by atoms with Gasteiger partial charge in [0.1, 0.15) is 5.75 Å². The first-order chi connectivity index (χ1) is 6.54. The summed E-state index contributed by atoms with van der Waals surface area (Å²) in [7, 11) is 0. The summed E-state index contributed by atoms with van der Waals surface area (Å²) in [6.07, 6.45) is 0. The van der Waals surface area contributed by atoms with E-state index in [0.717, 1.165) is 0 Å². The Morgan fingerprint density at radius 3 is 2.64 bits per heavy atom. The van der Waals surface area contributed by atoms with Crippen LogP contribution in [-0.2, 0) is 6.54 Å². The Morgan fingerprint density at radius 2 is 2.14 bits per heavy atom. The summed E-state index contributed by atoms with van der Waals surface area (Å²) in [6, 6.07) is 2.96. The van der Waals surface area contributed by atoms with Crippen molar-refractivity contribution in [1.82, 2.24) is 0 Å². The highest BCUT2D eigenvalue weighted by Crippen LogP contribution is 2.33. The van der Waals surface area contributed by atoms with Crippen LogP contribution in [0.25, 0.3) is 0 Å². The van der Waals surface area contributed by atoms with Crippen molar-refractivity contribution in [3.63, 3.8) is 0 Å². The zero-order chi connectivity index (χ0) is 10.7. The second kappa shape index (κ2) is 4.91. The van der Waals surface area contributed by atoms with Gasteiger partial charge in [0.2, 0.25) is 0 Å². The number of nitrogens with two attached hydrogens (primary N) is 1. The van der Waals surface area contributed by atoms with Gasteiger partial charge in [-0.05, 0) is 28.1 Å². The Labute approximate surface area is 93.1 Å². The molecule has 0 aliphatic carbocycles. The molecule has 78 valence electrons. The summed E-state index contributed by atoms with van der Waals surface area (Å²) in [6.45, 7) is -2.79. The van der Waals surface area contributed by atoms with Crippen LogP contribution in [0.1, 0.15) is 5.56 Å². The molecule has 0 fully saturated rings. The van der Waals surface area contributed by atoms with Gasteiger partial charge in [-0.1, -0.05) is 11.6 Å². The average molecular weight is 287 g/mol. The Hall–Kier alpha value is -0.390. The van der Waals surface area contributed by atoms with Crippen molar-refractivity contribution in [2.75, 3.05) is 0 Å². The first-order valence-electron chi connectivity index (χ1n) is 3.67. The molecule has 0 saturated carbocycles. The predicted molar refractivity (Wildman–Crippen MR) is 53.7 cm³/mol. The molecule has 1 rings (SSSR count). The lowest BCUT2D eigenvalue weighted by Crippen LogP contribution is -2.07. The highest BCUT2D eigenvalue weighted by molar-refractivity contribution is 9.10. The first kappa shape index (κ1) is 11.7. The van der Waals surface area contributed by atoms with Gasteiger partial charge in [0.05, 0.1) is 4.47 Å². The summed E-state index contributed by atoms with van der Waals surface area (Å²) in [5.41, 5.74) is 5.79. The van der Waals surface area contributed by atoms with Crippen molar-refractivity contribution in [3.8, 4) is 5.75 Å². The molecule has 0 bridgehead atoms. The number of ether oxygens (including phenoxy) is 1. The van der Waals surface area contributed by atoms with Crippen LogP contribution in [0.5, 0.6) is 5.75 Å². The molecule has 0 spiro atoms. The van der Waals surface area contributed by atoms with Gasteiger partial charge < -0.3 is 10.5 Å². The van der Waals surface area contributed by atoms with Crippen LogP contribution >= 0.6 is 27.5 Å². The molecule has 0 amide bonds. The zero-order valence-electron chi connectivity index (χ0n) is 6.94. The van der Waals surface area contributed by atoms with Crippen LogP contribution in [0.3, 0.4) is 0 Å². The Morgan fingerprint density at radius 1 is 1.50 bits per heavy atom. The molecule has 0 aliphatic heterocycles. The number of hydrogen-bond donors (Lipinski definition) is 1. The zero-order valence-corrected chi connectivity index (χ0v) is 9.28. The van der Waals surface area contributed by atoms with Crippen LogP contribution < -0.4 is 10.5 Å². The van der Waals surface area contributed by atoms with E-state index >= 15 is 0 Å². The fourth-order valence-electron chi connectivity index (χ4n) is 0.986. The van der Waals surface area contributed by atoms with E-state index in [1.165, 1.54) is 12.1 Å². The Balaban J connectivity index is 3.11. The molecular formula is C8H7BrClF2NO. The standard InChI is InChI=1S/C8H7BrClF2NO/c9-6-2-5(10)1-4(3-13)7(6)14-8(11)12/h1-2,8H,3,13H2. The molecule has 2 N–H and O–H groups in total. The molecule has 0 aromatic heterocycles. The molecule has 6 heteroatoms. The number of rotatable bonds is 3. The minimum atomic E-state index is -2.88. The molecule has 0 radical (unpaired) electrons. The summed E-state index contributed by atoms with van der Waals surface area (Å²) < 4.78 is 28.7. The SMILES string of the molecule is NCc1cc(Cl)cc(Br)c1OC(F)F. The maximum absolute atomic E-state index is 12.0. The maximum Gasteiger partial charge on any atom is 0.387 e. The molecule has 0 saturated heterocycles. The summed E-state index contributed by atoms with van der Waals surface area (Å²) in [5, 5.41) is 0.416. The third kappa shape index (κ3) is 2.80. The van der Waals surface area contributed by atoms with E-state index in [4.69, 9.17) is 17.3 Å². The second-order valence-electron chi connectivity index (χ2n) is 2.46. The lowest BCUT2D eigenvalue weighted by Gasteiger charge is -2.11. The van der Waals surface area contributed by atoms with Gasteiger partial charge in [-0.15, -0.1) is 0 Å². The molecule has 2 nitrogen and oxygen atoms in total. The number of alkyl halides is 2. The smallest absolute Gasteiger partial charge is 0.387 e. The maximum atomic E-state index is 12.0. The van der Waals surface area contributed by atoms with Gasteiger partial charge in [-0.3, -0.25) is 0 Å². The number of benzene rings is 1. The van der Waals surface area contributed by atoms with Gasteiger partial charge in [0.25, 0.3) is 0 Å². The minimum absolute atomic E-state index is 0.0342. The molecule has 0 aliphatic rings. The van der Waals surface area contributed by atoms with E-state index in [9.17, 15) is 8.78 Å². The minimum Gasteiger partial charge on any atom is -0.433 e. The highest BCUT2D eigenvalue weighted by Gasteiger charge is 2.13. The number of halogens is 4. The third-order valence-corrected chi connectivity index (χ3v) is 2.32. The Kier molecular flexibility index (Phi) is 4.10.